The zero-order chi connectivity index (χ0) is 20.1. The predicted molar refractivity (Wildman–Crippen MR) is 95.2 cm³/mol. The molecule has 1 aliphatic rings. The molecule has 148 valence electrons. The molecule has 9 nitrogen and oxygen atoms in total. The first kappa shape index (κ1) is 19.5. The number of aromatic nitrogens is 2. The van der Waals surface area contributed by atoms with E-state index >= 15 is 0 Å². The Labute approximate surface area is 159 Å². The highest BCUT2D eigenvalue weighted by atomic mass is 19.1. The molecule has 2 heterocycles. The van der Waals surface area contributed by atoms with Crippen molar-refractivity contribution in [1.82, 2.24) is 15.1 Å². The second-order valence-corrected chi connectivity index (χ2v) is 6.45. The maximum Gasteiger partial charge on any atom is 0.274 e. The quantitative estimate of drug-likeness (QED) is 0.719. The number of nitrogens with zero attached hydrogens (tertiary/aromatic N) is 2. The number of benzene rings is 1. The van der Waals surface area contributed by atoms with Crippen LogP contribution in [0, 0.1) is 5.82 Å². The monoisotopic (exact) mass is 390 g/mol. The Morgan fingerprint density at radius 2 is 2.04 bits per heavy atom. The Kier molecular flexibility index (Phi) is 5.69. The number of aromatic amines is 1. The van der Waals surface area contributed by atoms with Crippen LogP contribution in [0.5, 0.6) is 5.75 Å². The number of amides is 2. The largest absolute Gasteiger partial charge is 0.490 e. The Morgan fingerprint density at radius 1 is 1.29 bits per heavy atom. The molecule has 0 saturated carbocycles. The second kappa shape index (κ2) is 8.17. The van der Waals surface area contributed by atoms with Crippen LogP contribution in [0.25, 0.3) is 0 Å². The van der Waals surface area contributed by atoms with Gasteiger partial charge in [0, 0.05) is 12.6 Å². The molecule has 0 radical (unpaired) electrons. The van der Waals surface area contributed by atoms with E-state index in [1.54, 1.807) is 0 Å². The number of ether oxygens (including phenoxy) is 2. The van der Waals surface area contributed by atoms with Gasteiger partial charge in [0.15, 0.2) is 0 Å². The summed E-state index contributed by atoms with van der Waals surface area (Å²) in [5.74, 6) is -1.05. The second-order valence-electron chi connectivity index (χ2n) is 6.45. The number of rotatable bonds is 6. The topological polar surface area (TPSA) is 128 Å². The van der Waals surface area contributed by atoms with Crippen molar-refractivity contribution >= 4 is 11.8 Å². The molecule has 1 fully saturated rings. The van der Waals surface area contributed by atoms with Gasteiger partial charge in [-0.15, -0.1) is 0 Å². The Bertz CT molecular complexity index is 896. The SMILES string of the molecule is NC(=O)C[C@]1(COc2ccc(F)cc2)CN(C(=O)c2ccc(=O)[nH]n2)CCO1. The van der Waals surface area contributed by atoms with Crippen LogP contribution in [-0.2, 0) is 9.53 Å². The van der Waals surface area contributed by atoms with Gasteiger partial charge in [-0.1, -0.05) is 0 Å². The van der Waals surface area contributed by atoms with Crippen LogP contribution in [-0.4, -0.2) is 58.8 Å². The number of hydrogen-bond donors (Lipinski definition) is 2. The number of carbonyl (C=O) groups excluding carboxylic acids is 2. The molecule has 1 atom stereocenters. The molecule has 1 saturated heterocycles. The predicted octanol–water partition coefficient (Wildman–Crippen LogP) is 0.0746. The maximum absolute atomic E-state index is 13.0. The van der Waals surface area contributed by atoms with Gasteiger partial charge in [-0.25, -0.2) is 9.49 Å². The van der Waals surface area contributed by atoms with Crippen molar-refractivity contribution in [1.29, 1.82) is 0 Å². The van der Waals surface area contributed by atoms with Gasteiger partial charge in [-0.05, 0) is 30.3 Å². The van der Waals surface area contributed by atoms with Crippen LogP contribution in [0.2, 0.25) is 0 Å². The summed E-state index contributed by atoms with van der Waals surface area (Å²) in [6, 6.07) is 7.91. The van der Waals surface area contributed by atoms with Crippen molar-refractivity contribution in [2.24, 2.45) is 5.73 Å². The van der Waals surface area contributed by atoms with Gasteiger partial charge in [0.05, 0.1) is 19.6 Å². The molecule has 28 heavy (non-hydrogen) atoms. The number of halogens is 1. The number of primary amides is 1. The first-order chi connectivity index (χ1) is 13.4. The van der Waals surface area contributed by atoms with E-state index in [1.807, 2.05) is 0 Å². The smallest absolute Gasteiger partial charge is 0.274 e. The van der Waals surface area contributed by atoms with E-state index in [4.69, 9.17) is 15.2 Å². The Morgan fingerprint density at radius 3 is 2.68 bits per heavy atom. The van der Waals surface area contributed by atoms with Crippen LogP contribution < -0.4 is 16.0 Å². The number of nitrogens with two attached hydrogens (primary N) is 1. The van der Waals surface area contributed by atoms with E-state index in [0.29, 0.717) is 5.75 Å². The molecule has 2 amide bonds. The fraction of sp³-hybridized carbons (Fsp3) is 0.333. The van der Waals surface area contributed by atoms with Crippen molar-refractivity contribution in [2.75, 3.05) is 26.3 Å². The summed E-state index contributed by atoms with van der Waals surface area (Å²) < 4.78 is 24.5. The number of carbonyl (C=O) groups is 2. The van der Waals surface area contributed by atoms with Crippen LogP contribution in [0.1, 0.15) is 16.9 Å². The van der Waals surface area contributed by atoms with E-state index in [0.717, 1.165) is 0 Å². The lowest BCUT2D eigenvalue weighted by molar-refractivity contribution is -0.142. The molecule has 3 rings (SSSR count). The van der Waals surface area contributed by atoms with Gasteiger partial charge in [-0.2, -0.15) is 5.10 Å². The van der Waals surface area contributed by atoms with Crippen LogP contribution in [0.3, 0.4) is 0 Å². The number of nitrogens with one attached hydrogen (secondary N) is 1. The average Bonchev–Trinajstić information content (AvgIpc) is 2.67. The average molecular weight is 390 g/mol. The minimum atomic E-state index is -1.16. The van der Waals surface area contributed by atoms with Gasteiger partial charge in [0.25, 0.3) is 11.5 Å². The van der Waals surface area contributed by atoms with Crippen molar-refractivity contribution in [3.63, 3.8) is 0 Å². The van der Waals surface area contributed by atoms with Crippen molar-refractivity contribution in [3.8, 4) is 5.75 Å². The summed E-state index contributed by atoms with van der Waals surface area (Å²) in [4.78, 5) is 36.9. The van der Waals surface area contributed by atoms with Crippen LogP contribution in [0.15, 0.2) is 41.2 Å². The molecule has 1 aliphatic heterocycles. The molecule has 1 aromatic carbocycles. The van der Waals surface area contributed by atoms with Crippen molar-refractivity contribution in [3.05, 3.63) is 58.3 Å². The number of H-pyrrole nitrogens is 1. The first-order valence-electron chi connectivity index (χ1n) is 8.53. The van der Waals surface area contributed by atoms with Gasteiger partial charge in [0.1, 0.15) is 29.5 Å². The maximum atomic E-state index is 13.0. The molecule has 0 aliphatic carbocycles. The van der Waals surface area contributed by atoms with Crippen molar-refractivity contribution < 1.29 is 23.5 Å². The summed E-state index contributed by atoms with van der Waals surface area (Å²) >= 11 is 0. The highest BCUT2D eigenvalue weighted by Gasteiger charge is 2.41. The van der Waals surface area contributed by atoms with Crippen molar-refractivity contribution in [2.45, 2.75) is 12.0 Å². The molecule has 1 aromatic heterocycles. The number of morpholine rings is 1. The highest BCUT2D eigenvalue weighted by molar-refractivity contribution is 5.92. The lowest BCUT2D eigenvalue weighted by Gasteiger charge is -2.41. The zero-order valence-electron chi connectivity index (χ0n) is 14.9. The van der Waals surface area contributed by atoms with E-state index in [9.17, 15) is 18.8 Å². The Balaban J connectivity index is 1.76. The van der Waals surface area contributed by atoms with Gasteiger partial charge < -0.3 is 20.1 Å². The summed E-state index contributed by atoms with van der Waals surface area (Å²) in [6.45, 7) is 0.410. The van der Waals surface area contributed by atoms with Gasteiger partial charge in [0.2, 0.25) is 5.91 Å². The standard InChI is InChI=1S/C18H19FN4O5/c19-12-1-3-13(4-2-12)27-11-18(9-15(20)24)10-23(7-8-28-18)17(26)14-5-6-16(25)22-21-14/h1-6H,7-11H2,(H2,20,24)(H,22,25)/t18-/m1/s1. The fourth-order valence-corrected chi connectivity index (χ4v) is 2.95. The minimum Gasteiger partial charge on any atom is -0.490 e. The third-order valence-electron chi connectivity index (χ3n) is 4.25. The third-order valence-corrected chi connectivity index (χ3v) is 4.25. The third kappa shape index (κ3) is 4.71. The summed E-state index contributed by atoms with van der Waals surface area (Å²) in [5.41, 5.74) is 3.85. The molecule has 0 spiro atoms. The molecule has 0 unspecified atom stereocenters. The van der Waals surface area contributed by atoms with E-state index in [1.165, 1.54) is 41.3 Å². The summed E-state index contributed by atoms with van der Waals surface area (Å²) in [6.07, 6.45) is -0.170. The van der Waals surface area contributed by atoms with E-state index < -0.39 is 28.8 Å². The molecule has 0 bridgehead atoms. The van der Waals surface area contributed by atoms with Crippen LogP contribution in [0.4, 0.5) is 4.39 Å². The van der Waals surface area contributed by atoms with E-state index in [2.05, 4.69) is 10.2 Å². The lowest BCUT2D eigenvalue weighted by atomic mass is 9.97. The molecule has 3 N–H and O–H groups in total. The summed E-state index contributed by atoms with van der Waals surface area (Å²) in [5, 5.41) is 5.95. The first-order valence-corrected chi connectivity index (χ1v) is 8.53. The highest BCUT2D eigenvalue weighted by Crippen LogP contribution is 2.25. The Hall–Kier alpha value is -3.27. The molecule has 2 aromatic rings. The van der Waals surface area contributed by atoms with Gasteiger partial charge in [-0.3, -0.25) is 14.4 Å². The summed E-state index contributed by atoms with van der Waals surface area (Å²) in [7, 11) is 0. The van der Waals surface area contributed by atoms with Crippen LogP contribution >= 0.6 is 0 Å². The molecular weight excluding hydrogens is 371 g/mol. The van der Waals surface area contributed by atoms with Gasteiger partial charge >= 0.3 is 0 Å². The normalized spacial score (nSPS) is 19.2. The molecule has 10 heteroatoms. The fourth-order valence-electron chi connectivity index (χ4n) is 2.95. The zero-order valence-corrected chi connectivity index (χ0v) is 14.9. The molecular formula is C18H19FN4O5. The van der Waals surface area contributed by atoms with E-state index in [-0.39, 0.29) is 38.4 Å². The lowest BCUT2D eigenvalue weighted by Crippen LogP contribution is -2.58. The minimum absolute atomic E-state index is 0.0385. The number of hydrogen-bond acceptors (Lipinski definition) is 6.